The summed E-state index contributed by atoms with van der Waals surface area (Å²) in [6, 6.07) is 12.5. The van der Waals surface area contributed by atoms with Gasteiger partial charge in [-0.05, 0) is 55.2 Å². The Hall–Kier alpha value is -2.51. The number of rotatable bonds is 9. The van der Waals surface area contributed by atoms with Gasteiger partial charge < -0.3 is 24.1 Å². The summed E-state index contributed by atoms with van der Waals surface area (Å²) in [5, 5.41) is 18.8. The van der Waals surface area contributed by atoms with Crippen LogP contribution in [0.5, 0.6) is 11.5 Å². The molecule has 0 aliphatic heterocycles. The third-order valence-corrected chi connectivity index (χ3v) is 4.89. The highest BCUT2D eigenvalue weighted by Crippen LogP contribution is 2.35. The molecule has 5 nitrogen and oxygen atoms in total. The predicted molar refractivity (Wildman–Crippen MR) is 109 cm³/mol. The van der Waals surface area contributed by atoms with Crippen LogP contribution in [-0.2, 0) is 6.54 Å². The Bertz CT molecular complexity index is 942. The molecule has 0 radical (unpaired) electrons. The smallest absolute Gasteiger partial charge is 0.451 e. The number of nitrogens with zero attached hydrogens (tertiary/aromatic N) is 1. The van der Waals surface area contributed by atoms with Crippen molar-refractivity contribution >= 4 is 18.0 Å². The lowest BCUT2D eigenvalue weighted by Gasteiger charge is -2.13. The highest BCUT2D eigenvalue weighted by Gasteiger charge is 2.14. The number of fused-ring (bicyclic) bond motifs is 1. The number of aromatic nitrogens is 1. The summed E-state index contributed by atoms with van der Waals surface area (Å²) in [4.78, 5) is 0. The lowest BCUT2D eigenvalue weighted by molar-refractivity contribution is 0.355. The second-order valence-electron chi connectivity index (χ2n) is 6.78. The predicted octanol–water partition coefficient (Wildman–Crippen LogP) is 4.11. The molecular formula is C21H25BFNO4. The van der Waals surface area contributed by atoms with Gasteiger partial charge in [-0.25, -0.2) is 4.39 Å². The Morgan fingerprint density at radius 1 is 0.929 bits per heavy atom. The first kappa shape index (κ1) is 20.2. The molecule has 0 aliphatic carbocycles. The van der Waals surface area contributed by atoms with Crippen LogP contribution in [0.1, 0.15) is 19.3 Å². The van der Waals surface area contributed by atoms with Gasteiger partial charge in [-0.3, -0.25) is 0 Å². The van der Waals surface area contributed by atoms with Crippen molar-refractivity contribution in [2.24, 2.45) is 0 Å². The average Bonchev–Trinajstić information content (AvgIpc) is 3.04. The van der Waals surface area contributed by atoms with E-state index in [9.17, 15) is 4.39 Å². The zero-order chi connectivity index (χ0) is 20.1. The molecule has 28 heavy (non-hydrogen) atoms. The van der Waals surface area contributed by atoms with E-state index in [-0.39, 0.29) is 5.82 Å². The van der Waals surface area contributed by atoms with Gasteiger partial charge >= 0.3 is 7.12 Å². The largest absolute Gasteiger partial charge is 0.493 e. The fraction of sp³-hybridized carbons (Fsp3) is 0.333. The molecule has 0 amide bonds. The highest BCUT2D eigenvalue weighted by molar-refractivity contribution is 6.40. The fourth-order valence-electron chi connectivity index (χ4n) is 3.49. The van der Waals surface area contributed by atoms with E-state index in [0.29, 0.717) is 17.8 Å². The lowest BCUT2D eigenvalue weighted by Crippen LogP contribution is -2.09. The van der Waals surface area contributed by atoms with Crippen LogP contribution in [0.3, 0.4) is 0 Å². The summed E-state index contributed by atoms with van der Waals surface area (Å²) < 4.78 is 26.7. The summed E-state index contributed by atoms with van der Waals surface area (Å²) in [6.07, 6.45) is 2.88. The quantitative estimate of drug-likeness (QED) is 0.430. The van der Waals surface area contributed by atoms with Crippen LogP contribution < -0.4 is 9.47 Å². The van der Waals surface area contributed by atoms with E-state index in [4.69, 9.17) is 19.5 Å². The minimum absolute atomic E-state index is 0.263. The molecule has 0 aliphatic rings. The Morgan fingerprint density at radius 2 is 1.71 bits per heavy atom. The number of hydrogen-bond acceptors (Lipinski definition) is 4. The second-order valence-corrected chi connectivity index (χ2v) is 6.78. The van der Waals surface area contributed by atoms with E-state index in [0.717, 1.165) is 48.0 Å². The van der Waals surface area contributed by atoms with Gasteiger partial charge in [-0.15, -0.1) is 0 Å². The molecule has 0 spiro atoms. The zero-order valence-corrected chi connectivity index (χ0v) is 16.2. The molecule has 0 saturated heterocycles. The van der Waals surface area contributed by atoms with Crippen LogP contribution in [-0.4, -0.2) is 36.0 Å². The Balaban J connectivity index is 1.94. The van der Waals surface area contributed by atoms with E-state index < -0.39 is 7.12 Å². The van der Waals surface area contributed by atoms with Crippen LogP contribution in [0, 0.1) is 5.82 Å². The van der Waals surface area contributed by atoms with Gasteiger partial charge in [0.05, 0.1) is 14.2 Å². The standard InChI is InChI=1S/C21H25BFNO4/c1-27-20-9-6-15(14-21(20)28-2)19-13-16-12-17(23)7-8-18(16)24(19)11-5-3-4-10-22(25)26/h6-9,12-14,25-26H,3-5,10-11H2,1-2H3. The first-order valence-electron chi connectivity index (χ1n) is 9.41. The van der Waals surface area contributed by atoms with E-state index in [1.807, 2.05) is 24.3 Å². The lowest BCUT2D eigenvalue weighted by atomic mass is 9.83. The van der Waals surface area contributed by atoms with E-state index in [1.165, 1.54) is 12.1 Å². The summed E-state index contributed by atoms with van der Waals surface area (Å²) in [5.41, 5.74) is 2.90. The number of aryl methyl sites for hydroxylation is 1. The molecule has 0 fully saturated rings. The second kappa shape index (κ2) is 9.12. The van der Waals surface area contributed by atoms with Crippen molar-refractivity contribution in [1.82, 2.24) is 4.57 Å². The van der Waals surface area contributed by atoms with Crippen molar-refractivity contribution in [3.8, 4) is 22.8 Å². The Morgan fingerprint density at radius 3 is 2.43 bits per heavy atom. The maximum atomic E-state index is 13.7. The maximum Gasteiger partial charge on any atom is 0.451 e. The van der Waals surface area contributed by atoms with Gasteiger partial charge in [-0.2, -0.15) is 0 Å². The van der Waals surface area contributed by atoms with Crippen molar-refractivity contribution in [3.63, 3.8) is 0 Å². The molecule has 0 atom stereocenters. The molecule has 3 rings (SSSR count). The summed E-state index contributed by atoms with van der Waals surface area (Å²) >= 11 is 0. The summed E-state index contributed by atoms with van der Waals surface area (Å²) in [6.45, 7) is 0.750. The van der Waals surface area contributed by atoms with Crippen molar-refractivity contribution < 1.29 is 23.9 Å². The van der Waals surface area contributed by atoms with E-state index in [1.54, 1.807) is 20.3 Å². The SMILES string of the molecule is COc1ccc(-c2cc3cc(F)ccc3n2CCCCCB(O)O)cc1OC. The van der Waals surface area contributed by atoms with E-state index >= 15 is 0 Å². The molecule has 0 saturated carbocycles. The molecular weight excluding hydrogens is 360 g/mol. The molecule has 1 heterocycles. The zero-order valence-electron chi connectivity index (χ0n) is 16.2. The van der Waals surface area contributed by atoms with Gasteiger partial charge in [0.15, 0.2) is 11.5 Å². The minimum Gasteiger partial charge on any atom is -0.493 e. The fourth-order valence-corrected chi connectivity index (χ4v) is 3.49. The first-order valence-corrected chi connectivity index (χ1v) is 9.41. The molecule has 0 bridgehead atoms. The number of hydrogen-bond donors (Lipinski definition) is 2. The van der Waals surface area contributed by atoms with Gasteiger partial charge in [-0.1, -0.05) is 12.8 Å². The Labute approximate surface area is 164 Å². The van der Waals surface area contributed by atoms with E-state index in [2.05, 4.69) is 4.57 Å². The van der Waals surface area contributed by atoms with Gasteiger partial charge in [0.25, 0.3) is 0 Å². The third-order valence-electron chi connectivity index (χ3n) is 4.89. The molecule has 3 aromatic rings. The maximum absolute atomic E-state index is 13.7. The van der Waals surface area contributed by atoms with Crippen molar-refractivity contribution in [2.75, 3.05) is 14.2 Å². The Kier molecular flexibility index (Phi) is 6.59. The molecule has 7 heteroatoms. The van der Waals surface area contributed by atoms with Gasteiger partial charge in [0.2, 0.25) is 0 Å². The van der Waals surface area contributed by atoms with Crippen LogP contribution in [0.4, 0.5) is 4.39 Å². The normalized spacial score (nSPS) is 11.0. The number of methoxy groups -OCH3 is 2. The number of halogens is 1. The molecule has 0 unspecified atom stereocenters. The van der Waals surface area contributed by atoms with Gasteiger partial charge in [0.1, 0.15) is 5.82 Å². The number of benzene rings is 2. The van der Waals surface area contributed by atoms with Crippen molar-refractivity contribution in [2.45, 2.75) is 32.1 Å². The third kappa shape index (κ3) is 4.48. The summed E-state index contributed by atoms with van der Waals surface area (Å²) in [7, 11) is 1.95. The minimum atomic E-state index is -1.25. The van der Waals surface area contributed by atoms with Crippen LogP contribution in [0.25, 0.3) is 22.2 Å². The van der Waals surface area contributed by atoms with Gasteiger partial charge in [0, 0.05) is 28.7 Å². The van der Waals surface area contributed by atoms with Crippen LogP contribution in [0.15, 0.2) is 42.5 Å². The molecule has 2 aromatic carbocycles. The number of ether oxygens (including phenoxy) is 2. The monoisotopic (exact) mass is 385 g/mol. The number of unbranched alkanes of at least 4 members (excludes halogenated alkanes) is 2. The molecule has 148 valence electrons. The van der Waals surface area contributed by atoms with Crippen LogP contribution >= 0.6 is 0 Å². The van der Waals surface area contributed by atoms with Crippen molar-refractivity contribution in [3.05, 3.63) is 48.3 Å². The average molecular weight is 385 g/mol. The highest BCUT2D eigenvalue weighted by atomic mass is 19.1. The first-order chi connectivity index (χ1) is 13.5. The topological polar surface area (TPSA) is 63.9 Å². The van der Waals surface area contributed by atoms with Crippen LogP contribution in [0.2, 0.25) is 6.32 Å². The molecule has 2 N–H and O–H groups in total. The molecule has 1 aromatic heterocycles. The van der Waals surface area contributed by atoms with Crippen molar-refractivity contribution in [1.29, 1.82) is 0 Å². The summed E-state index contributed by atoms with van der Waals surface area (Å²) in [5.74, 6) is 1.03.